The number of nitrogens with one attached hydrogen (secondary N) is 2. The Bertz CT molecular complexity index is 887. The van der Waals surface area contributed by atoms with Crippen LogP contribution in [0.4, 0.5) is 11.5 Å². The lowest BCUT2D eigenvalue weighted by atomic mass is 9.98. The number of nitrogens with two attached hydrogens (primary N) is 1. The molecular formula is C22H26N4O3. The van der Waals surface area contributed by atoms with Crippen molar-refractivity contribution in [1.82, 2.24) is 10.3 Å². The molecule has 152 valence electrons. The molecule has 7 heteroatoms. The van der Waals surface area contributed by atoms with Crippen molar-refractivity contribution in [3.05, 3.63) is 47.5 Å². The summed E-state index contributed by atoms with van der Waals surface area (Å²) >= 11 is 0. The summed E-state index contributed by atoms with van der Waals surface area (Å²) in [7, 11) is 0. The Labute approximate surface area is 170 Å². The minimum absolute atomic E-state index is 0.0915. The molecule has 1 heterocycles. The van der Waals surface area contributed by atoms with Crippen LogP contribution >= 0.6 is 0 Å². The van der Waals surface area contributed by atoms with Crippen LogP contribution in [0.25, 0.3) is 0 Å². The summed E-state index contributed by atoms with van der Waals surface area (Å²) in [6.45, 7) is 0. The van der Waals surface area contributed by atoms with Gasteiger partial charge in [-0.1, -0.05) is 6.42 Å². The van der Waals surface area contributed by atoms with Crippen molar-refractivity contribution in [2.24, 2.45) is 5.73 Å². The second-order valence-corrected chi connectivity index (χ2v) is 7.74. The van der Waals surface area contributed by atoms with Gasteiger partial charge in [0.15, 0.2) is 0 Å². The van der Waals surface area contributed by atoms with Gasteiger partial charge in [0.1, 0.15) is 17.5 Å². The number of amides is 2. The summed E-state index contributed by atoms with van der Waals surface area (Å²) < 4.78 is 6.17. The van der Waals surface area contributed by atoms with Crippen LogP contribution in [0.3, 0.4) is 0 Å². The van der Waals surface area contributed by atoms with Crippen molar-refractivity contribution < 1.29 is 14.3 Å². The van der Waals surface area contributed by atoms with Gasteiger partial charge >= 0.3 is 0 Å². The Kier molecular flexibility index (Phi) is 5.64. The smallest absolute Gasteiger partial charge is 0.256 e. The van der Waals surface area contributed by atoms with E-state index in [1.54, 1.807) is 36.4 Å². The molecule has 0 saturated heterocycles. The number of hydrogen-bond donors (Lipinski definition) is 3. The molecule has 0 atom stereocenters. The van der Waals surface area contributed by atoms with E-state index >= 15 is 0 Å². The fraction of sp³-hybridized carbons (Fsp3) is 0.409. The zero-order chi connectivity index (χ0) is 20.2. The Morgan fingerprint density at radius 3 is 2.34 bits per heavy atom. The normalized spacial score (nSPS) is 16.8. The molecule has 29 heavy (non-hydrogen) atoms. The van der Waals surface area contributed by atoms with Crippen LogP contribution in [0.5, 0.6) is 5.88 Å². The maximum Gasteiger partial charge on any atom is 0.256 e. The van der Waals surface area contributed by atoms with Crippen molar-refractivity contribution in [3.8, 4) is 5.88 Å². The molecule has 0 aliphatic heterocycles. The van der Waals surface area contributed by atoms with Gasteiger partial charge in [0, 0.05) is 17.3 Å². The SMILES string of the molecule is NC(=O)c1ccc(Nc2ccc(C(=O)NC3CC3)c(OC3CCCCC3)n2)cc1. The lowest BCUT2D eigenvalue weighted by molar-refractivity contribution is 0.0935. The molecule has 4 rings (SSSR count). The summed E-state index contributed by atoms with van der Waals surface area (Å²) in [6, 6.07) is 10.6. The van der Waals surface area contributed by atoms with Crippen LogP contribution in [0.1, 0.15) is 65.7 Å². The number of pyridine rings is 1. The molecule has 2 aliphatic carbocycles. The summed E-state index contributed by atoms with van der Waals surface area (Å²) in [6.07, 6.45) is 7.61. The Morgan fingerprint density at radius 1 is 0.966 bits per heavy atom. The maximum atomic E-state index is 12.6. The van der Waals surface area contributed by atoms with Gasteiger partial charge in [-0.2, -0.15) is 4.98 Å². The molecule has 2 amide bonds. The summed E-state index contributed by atoms with van der Waals surface area (Å²) in [4.78, 5) is 28.4. The fourth-order valence-electron chi connectivity index (χ4n) is 3.47. The minimum Gasteiger partial charge on any atom is -0.474 e. The van der Waals surface area contributed by atoms with E-state index in [0.717, 1.165) is 44.2 Å². The van der Waals surface area contributed by atoms with Crippen LogP contribution in [-0.2, 0) is 0 Å². The summed E-state index contributed by atoms with van der Waals surface area (Å²) in [5, 5.41) is 6.20. The van der Waals surface area contributed by atoms with Crippen LogP contribution in [0.2, 0.25) is 0 Å². The predicted octanol–water partition coefficient (Wildman–Crippen LogP) is 3.53. The number of benzene rings is 1. The van der Waals surface area contributed by atoms with Gasteiger partial charge in [-0.15, -0.1) is 0 Å². The zero-order valence-electron chi connectivity index (χ0n) is 16.3. The van der Waals surface area contributed by atoms with Crippen LogP contribution in [-0.4, -0.2) is 28.9 Å². The molecule has 7 nitrogen and oxygen atoms in total. The average Bonchev–Trinajstić information content (AvgIpc) is 3.53. The third kappa shape index (κ3) is 5.04. The van der Waals surface area contributed by atoms with E-state index in [-0.39, 0.29) is 18.1 Å². The third-order valence-electron chi connectivity index (χ3n) is 5.29. The summed E-state index contributed by atoms with van der Waals surface area (Å²) in [5.74, 6) is 0.339. The van der Waals surface area contributed by atoms with Gasteiger partial charge in [0.2, 0.25) is 11.8 Å². The van der Waals surface area contributed by atoms with Crippen LogP contribution in [0.15, 0.2) is 36.4 Å². The van der Waals surface area contributed by atoms with Crippen molar-refractivity contribution in [1.29, 1.82) is 0 Å². The first kappa shape index (κ1) is 19.2. The van der Waals surface area contributed by atoms with E-state index in [2.05, 4.69) is 15.6 Å². The molecule has 0 bridgehead atoms. The van der Waals surface area contributed by atoms with Gasteiger partial charge < -0.3 is 21.1 Å². The molecule has 0 spiro atoms. The third-order valence-corrected chi connectivity index (χ3v) is 5.29. The average molecular weight is 394 g/mol. The Balaban J connectivity index is 1.54. The number of rotatable bonds is 7. The zero-order valence-corrected chi connectivity index (χ0v) is 16.3. The highest BCUT2D eigenvalue weighted by molar-refractivity contribution is 5.97. The monoisotopic (exact) mass is 394 g/mol. The Hall–Kier alpha value is -3.09. The lowest BCUT2D eigenvalue weighted by Gasteiger charge is -2.23. The largest absolute Gasteiger partial charge is 0.474 e. The molecule has 1 aromatic carbocycles. The number of ether oxygens (including phenoxy) is 1. The van der Waals surface area contributed by atoms with E-state index in [0.29, 0.717) is 22.8 Å². The van der Waals surface area contributed by atoms with E-state index in [1.807, 2.05) is 0 Å². The first-order chi connectivity index (χ1) is 14.1. The lowest BCUT2D eigenvalue weighted by Crippen LogP contribution is -2.28. The van der Waals surface area contributed by atoms with E-state index in [1.165, 1.54) is 6.42 Å². The maximum absolute atomic E-state index is 12.6. The second-order valence-electron chi connectivity index (χ2n) is 7.74. The van der Waals surface area contributed by atoms with Crippen LogP contribution in [0, 0.1) is 0 Å². The molecule has 1 aromatic heterocycles. The number of anilines is 2. The summed E-state index contributed by atoms with van der Waals surface area (Å²) in [5.41, 5.74) is 6.96. The molecular weight excluding hydrogens is 368 g/mol. The van der Waals surface area contributed by atoms with E-state index in [4.69, 9.17) is 10.5 Å². The number of carbonyl (C=O) groups excluding carboxylic acids is 2. The molecule has 2 aromatic rings. The highest BCUT2D eigenvalue weighted by Gasteiger charge is 2.27. The number of carbonyl (C=O) groups is 2. The predicted molar refractivity (Wildman–Crippen MR) is 110 cm³/mol. The first-order valence-electron chi connectivity index (χ1n) is 10.2. The first-order valence-corrected chi connectivity index (χ1v) is 10.2. The van der Waals surface area contributed by atoms with Gasteiger partial charge in [-0.05, 0) is 74.9 Å². The minimum atomic E-state index is -0.469. The molecule has 2 fully saturated rings. The topological polar surface area (TPSA) is 106 Å². The molecule has 2 aliphatic rings. The van der Waals surface area contributed by atoms with Crippen LogP contribution < -0.4 is 21.1 Å². The standard InChI is InChI=1S/C22H26N4O3/c23-20(27)14-6-8-15(9-7-14)24-19-13-12-18(21(28)25-16-10-11-16)22(26-19)29-17-4-2-1-3-5-17/h6-9,12-13,16-17H,1-5,10-11H2,(H2,23,27)(H,24,26)(H,25,28). The second kappa shape index (κ2) is 8.51. The van der Waals surface area contributed by atoms with Crippen molar-refractivity contribution in [3.63, 3.8) is 0 Å². The Morgan fingerprint density at radius 2 is 1.69 bits per heavy atom. The highest BCUT2D eigenvalue weighted by Crippen LogP contribution is 2.28. The van der Waals surface area contributed by atoms with Crippen molar-refractivity contribution >= 4 is 23.3 Å². The van der Waals surface area contributed by atoms with Crippen molar-refractivity contribution in [2.75, 3.05) is 5.32 Å². The quantitative estimate of drug-likeness (QED) is 0.666. The van der Waals surface area contributed by atoms with Gasteiger partial charge in [-0.25, -0.2) is 0 Å². The molecule has 0 unspecified atom stereocenters. The van der Waals surface area contributed by atoms with E-state index in [9.17, 15) is 9.59 Å². The fourth-order valence-corrected chi connectivity index (χ4v) is 3.47. The molecule has 0 radical (unpaired) electrons. The van der Waals surface area contributed by atoms with E-state index < -0.39 is 5.91 Å². The van der Waals surface area contributed by atoms with Gasteiger partial charge in [-0.3, -0.25) is 9.59 Å². The molecule has 4 N–H and O–H groups in total. The number of aromatic nitrogens is 1. The van der Waals surface area contributed by atoms with Crippen molar-refractivity contribution in [2.45, 2.75) is 57.1 Å². The number of hydrogen-bond acceptors (Lipinski definition) is 5. The van der Waals surface area contributed by atoms with Gasteiger partial charge in [0.25, 0.3) is 5.91 Å². The number of primary amides is 1. The molecule has 2 saturated carbocycles. The number of nitrogens with zero attached hydrogens (tertiary/aromatic N) is 1. The van der Waals surface area contributed by atoms with Gasteiger partial charge in [0.05, 0.1) is 0 Å². The highest BCUT2D eigenvalue weighted by atomic mass is 16.5.